The smallest absolute Gasteiger partial charge is 0.0808 e. The minimum atomic E-state index is -0.0188. The van der Waals surface area contributed by atoms with Crippen LogP contribution in [0.15, 0.2) is 0 Å². The highest BCUT2D eigenvalue weighted by atomic mass is 16.5. The molecule has 2 fully saturated rings. The van der Waals surface area contributed by atoms with Gasteiger partial charge in [0.15, 0.2) is 0 Å². The van der Waals surface area contributed by atoms with Gasteiger partial charge in [0.1, 0.15) is 0 Å². The lowest BCUT2D eigenvalue weighted by atomic mass is 9.81. The molecule has 0 aromatic carbocycles. The van der Waals surface area contributed by atoms with Gasteiger partial charge >= 0.3 is 0 Å². The monoisotopic (exact) mass is 211 g/mol. The maximum atomic E-state index is 6.43. The van der Waals surface area contributed by atoms with Gasteiger partial charge in [-0.1, -0.05) is 25.7 Å². The zero-order chi connectivity index (χ0) is 10.7. The Morgan fingerprint density at radius 1 is 1.13 bits per heavy atom. The summed E-state index contributed by atoms with van der Waals surface area (Å²) in [5, 5.41) is 0. The highest BCUT2D eigenvalue weighted by Gasteiger charge is 2.40. The van der Waals surface area contributed by atoms with Crippen LogP contribution in [0.3, 0.4) is 0 Å². The van der Waals surface area contributed by atoms with Gasteiger partial charge in [-0.3, -0.25) is 0 Å². The second-order valence-corrected chi connectivity index (χ2v) is 5.54. The fraction of sp³-hybridized carbons (Fsp3) is 1.00. The molecule has 1 saturated carbocycles. The number of nitrogens with two attached hydrogens (primary N) is 1. The molecule has 0 aromatic rings. The largest absolute Gasteiger partial charge is 0.374 e. The first-order chi connectivity index (χ1) is 7.22. The molecule has 2 atom stereocenters. The van der Waals surface area contributed by atoms with Crippen molar-refractivity contribution in [3.8, 4) is 0 Å². The number of ether oxygens (including phenoxy) is 1. The zero-order valence-electron chi connectivity index (χ0n) is 10.0. The van der Waals surface area contributed by atoms with E-state index >= 15 is 0 Å². The lowest BCUT2D eigenvalue weighted by Crippen LogP contribution is -2.49. The summed E-state index contributed by atoms with van der Waals surface area (Å²) < 4.78 is 5.87. The van der Waals surface area contributed by atoms with Crippen molar-refractivity contribution in [3.63, 3.8) is 0 Å². The van der Waals surface area contributed by atoms with Crippen LogP contribution >= 0.6 is 0 Å². The maximum Gasteiger partial charge on any atom is 0.0808 e. The van der Waals surface area contributed by atoms with Crippen molar-refractivity contribution in [1.29, 1.82) is 0 Å². The molecule has 2 aliphatic rings. The fourth-order valence-electron chi connectivity index (χ4n) is 3.23. The van der Waals surface area contributed by atoms with Gasteiger partial charge in [0.25, 0.3) is 0 Å². The second kappa shape index (κ2) is 4.84. The van der Waals surface area contributed by atoms with E-state index in [1.807, 2.05) is 0 Å². The standard InChI is InChI=1S/C13H25NO/c1-13(9-6-10-15-13)12(14)11-7-4-2-3-5-8-11/h11-12H,2-10,14H2,1H3. The van der Waals surface area contributed by atoms with E-state index in [1.54, 1.807) is 0 Å². The summed E-state index contributed by atoms with van der Waals surface area (Å²) in [6.07, 6.45) is 10.5. The van der Waals surface area contributed by atoms with E-state index in [0.29, 0.717) is 5.92 Å². The Morgan fingerprint density at radius 2 is 1.80 bits per heavy atom. The van der Waals surface area contributed by atoms with Crippen LogP contribution in [0.25, 0.3) is 0 Å². The molecule has 0 bridgehead atoms. The van der Waals surface area contributed by atoms with Gasteiger partial charge in [0.05, 0.1) is 5.60 Å². The molecular weight excluding hydrogens is 186 g/mol. The first kappa shape index (κ1) is 11.4. The summed E-state index contributed by atoms with van der Waals surface area (Å²) in [5.74, 6) is 0.704. The minimum absolute atomic E-state index is 0.0188. The molecule has 2 heteroatoms. The van der Waals surface area contributed by atoms with Gasteiger partial charge in [-0.25, -0.2) is 0 Å². The van der Waals surface area contributed by atoms with Crippen LogP contribution in [0.1, 0.15) is 58.3 Å². The average molecular weight is 211 g/mol. The van der Waals surface area contributed by atoms with Crippen molar-refractivity contribution in [2.45, 2.75) is 69.9 Å². The van der Waals surface area contributed by atoms with Crippen molar-refractivity contribution in [1.82, 2.24) is 0 Å². The molecule has 2 unspecified atom stereocenters. The van der Waals surface area contributed by atoms with Gasteiger partial charge in [-0.2, -0.15) is 0 Å². The summed E-state index contributed by atoms with van der Waals surface area (Å²) in [5.41, 5.74) is 6.41. The molecule has 1 heterocycles. The Hall–Kier alpha value is -0.0800. The molecule has 2 N–H and O–H groups in total. The summed E-state index contributed by atoms with van der Waals surface area (Å²) in [6, 6.07) is 0.262. The van der Waals surface area contributed by atoms with E-state index in [4.69, 9.17) is 10.5 Å². The molecule has 1 saturated heterocycles. The van der Waals surface area contributed by atoms with Crippen LogP contribution in [0.5, 0.6) is 0 Å². The lowest BCUT2D eigenvalue weighted by Gasteiger charge is -2.36. The van der Waals surface area contributed by atoms with Crippen molar-refractivity contribution < 1.29 is 4.74 Å². The third-order valence-electron chi connectivity index (χ3n) is 4.36. The van der Waals surface area contributed by atoms with Crippen LogP contribution in [0.2, 0.25) is 0 Å². The first-order valence-corrected chi connectivity index (χ1v) is 6.62. The van der Waals surface area contributed by atoms with Crippen molar-refractivity contribution in [3.05, 3.63) is 0 Å². The van der Waals surface area contributed by atoms with Crippen LogP contribution < -0.4 is 5.73 Å². The Labute approximate surface area is 93.6 Å². The molecule has 2 nitrogen and oxygen atoms in total. The van der Waals surface area contributed by atoms with Gasteiger partial charge in [0.2, 0.25) is 0 Å². The molecule has 0 radical (unpaired) electrons. The third-order valence-corrected chi connectivity index (χ3v) is 4.36. The molecule has 15 heavy (non-hydrogen) atoms. The van der Waals surface area contributed by atoms with Gasteiger partial charge in [0, 0.05) is 12.6 Å². The van der Waals surface area contributed by atoms with Crippen molar-refractivity contribution >= 4 is 0 Å². The van der Waals surface area contributed by atoms with Crippen LogP contribution in [-0.4, -0.2) is 18.2 Å². The van der Waals surface area contributed by atoms with Crippen molar-refractivity contribution in [2.24, 2.45) is 11.7 Å². The van der Waals surface area contributed by atoms with E-state index in [0.717, 1.165) is 13.0 Å². The number of hydrogen-bond acceptors (Lipinski definition) is 2. The first-order valence-electron chi connectivity index (χ1n) is 6.62. The lowest BCUT2D eigenvalue weighted by molar-refractivity contribution is -0.0186. The molecule has 0 spiro atoms. The highest BCUT2D eigenvalue weighted by Crippen LogP contribution is 2.35. The molecule has 0 aromatic heterocycles. The topological polar surface area (TPSA) is 35.2 Å². The summed E-state index contributed by atoms with van der Waals surface area (Å²) >= 11 is 0. The summed E-state index contributed by atoms with van der Waals surface area (Å²) in [7, 11) is 0. The molecule has 1 aliphatic heterocycles. The third kappa shape index (κ3) is 2.54. The maximum absolute atomic E-state index is 6.43. The Bertz CT molecular complexity index is 191. The number of rotatable bonds is 2. The normalized spacial score (nSPS) is 36.4. The Kier molecular flexibility index (Phi) is 3.68. The van der Waals surface area contributed by atoms with Crippen LogP contribution in [0, 0.1) is 5.92 Å². The SMILES string of the molecule is CC1(C(N)C2CCCCCC2)CCCO1. The number of hydrogen-bond donors (Lipinski definition) is 1. The van der Waals surface area contributed by atoms with E-state index < -0.39 is 0 Å². The Morgan fingerprint density at radius 3 is 2.33 bits per heavy atom. The predicted octanol–water partition coefficient (Wildman–Crippen LogP) is 2.85. The predicted molar refractivity (Wildman–Crippen MR) is 62.8 cm³/mol. The summed E-state index contributed by atoms with van der Waals surface area (Å²) in [4.78, 5) is 0. The van der Waals surface area contributed by atoms with Crippen molar-refractivity contribution in [2.75, 3.05) is 6.61 Å². The average Bonchev–Trinajstić information content (AvgIpc) is 2.54. The van der Waals surface area contributed by atoms with Gasteiger partial charge in [-0.05, 0) is 38.5 Å². The molecule has 0 amide bonds. The summed E-state index contributed by atoms with van der Waals surface area (Å²) in [6.45, 7) is 3.13. The van der Waals surface area contributed by atoms with E-state index in [1.165, 1.54) is 44.9 Å². The van der Waals surface area contributed by atoms with Crippen LogP contribution in [0.4, 0.5) is 0 Å². The highest BCUT2D eigenvalue weighted by molar-refractivity contribution is 4.94. The molecule has 1 aliphatic carbocycles. The van der Waals surface area contributed by atoms with Gasteiger partial charge < -0.3 is 10.5 Å². The second-order valence-electron chi connectivity index (χ2n) is 5.54. The van der Waals surface area contributed by atoms with Gasteiger partial charge in [-0.15, -0.1) is 0 Å². The van der Waals surface area contributed by atoms with E-state index in [-0.39, 0.29) is 11.6 Å². The van der Waals surface area contributed by atoms with Crippen LogP contribution in [-0.2, 0) is 4.74 Å². The quantitative estimate of drug-likeness (QED) is 0.713. The fourth-order valence-corrected chi connectivity index (χ4v) is 3.23. The molecule has 2 rings (SSSR count). The Balaban J connectivity index is 1.95. The van der Waals surface area contributed by atoms with E-state index in [9.17, 15) is 0 Å². The zero-order valence-corrected chi connectivity index (χ0v) is 10.0. The molecular formula is C13H25NO. The minimum Gasteiger partial charge on any atom is -0.374 e. The van der Waals surface area contributed by atoms with E-state index in [2.05, 4.69) is 6.92 Å². The molecule has 88 valence electrons.